The van der Waals surface area contributed by atoms with Crippen molar-refractivity contribution in [2.75, 3.05) is 6.54 Å². The Morgan fingerprint density at radius 3 is 2.47 bits per heavy atom. The lowest BCUT2D eigenvalue weighted by molar-refractivity contribution is 0.510. The van der Waals surface area contributed by atoms with Gasteiger partial charge in [0.25, 0.3) is 0 Å². The van der Waals surface area contributed by atoms with E-state index in [1.165, 1.54) is 45.1 Å². The minimum Gasteiger partial charge on any atom is -0.313 e. The van der Waals surface area contributed by atoms with Gasteiger partial charge in [0.05, 0.1) is 0 Å². The molecule has 0 amide bonds. The first-order valence-corrected chi connectivity index (χ1v) is 7.55. The summed E-state index contributed by atoms with van der Waals surface area (Å²) in [6.45, 7) is 8.07. The Labute approximate surface area is 99.8 Å². The molecule has 0 aliphatic heterocycles. The molecule has 90 valence electrons. The van der Waals surface area contributed by atoms with E-state index >= 15 is 0 Å². The Morgan fingerprint density at radius 2 is 1.87 bits per heavy atom. The van der Waals surface area contributed by atoms with Crippen molar-refractivity contribution < 1.29 is 0 Å². The maximum absolute atomic E-state index is 3.60. The summed E-state index contributed by atoms with van der Waals surface area (Å²) in [7, 11) is 0. The highest BCUT2D eigenvalue weighted by Crippen LogP contribution is 2.30. The Hall–Kier alpha value is 0.310. The normalized spacial score (nSPS) is 22.6. The summed E-state index contributed by atoms with van der Waals surface area (Å²) in [5, 5.41) is 5.33. The number of hydrogen-bond donors (Lipinski definition) is 1. The Bertz CT molecular complexity index is 155. The van der Waals surface area contributed by atoms with Crippen molar-refractivity contribution in [1.82, 2.24) is 5.32 Å². The van der Waals surface area contributed by atoms with Gasteiger partial charge < -0.3 is 5.32 Å². The predicted octanol–water partition coefficient (Wildman–Crippen LogP) is 3.83. The average molecular weight is 229 g/mol. The molecule has 0 heterocycles. The van der Waals surface area contributed by atoms with E-state index in [9.17, 15) is 0 Å². The van der Waals surface area contributed by atoms with Crippen LogP contribution in [0.2, 0.25) is 0 Å². The van der Waals surface area contributed by atoms with Crippen molar-refractivity contribution in [3.05, 3.63) is 0 Å². The molecule has 1 aliphatic carbocycles. The molecular weight excluding hydrogens is 202 g/mol. The lowest BCUT2D eigenvalue weighted by Crippen LogP contribution is -2.31. The molecule has 0 bridgehead atoms. The zero-order valence-corrected chi connectivity index (χ0v) is 11.4. The van der Waals surface area contributed by atoms with E-state index in [-0.39, 0.29) is 0 Å². The third kappa shape index (κ3) is 5.82. The lowest BCUT2D eigenvalue weighted by atomic mass is 10.0. The van der Waals surface area contributed by atoms with Crippen LogP contribution in [0.4, 0.5) is 0 Å². The molecule has 2 heteroatoms. The van der Waals surface area contributed by atoms with Gasteiger partial charge in [-0.15, -0.1) is 0 Å². The van der Waals surface area contributed by atoms with Crippen LogP contribution >= 0.6 is 11.8 Å². The highest BCUT2D eigenvalue weighted by Gasteiger charge is 2.16. The second-order valence-electron chi connectivity index (χ2n) is 4.92. The zero-order valence-electron chi connectivity index (χ0n) is 10.6. The number of thioether (sulfide) groups is 1. The van der Waals surface area contributed by atoms with Gasteiger partial charge in [-0.3, -0.25) is 0 Å². The molecule has 0 aromatic heterocycles. The SMILES string of the molecule is CCC(C)NCC(C)SC1CCCCC1. The van der Waals surface area contributed by atoms with Crippen LogP contribution in [-0.4, -0.2) is 23.1 Å². The minimum atomic E-state index is 0.680. The van der Waals surface area contributed by atoms with E-state index in [4.69, 9.17) is 0 Å². The van der Waals surface area contributed by atoms with Crippen LogP contribution in [0.3, 0.4) is 0 Å². The smallest absolute Gasteiger partial charge is 0.0147 e. The van der Waals surface area contributed by atoms with E-state index in [0.717, 1.165) is 10.5 Å². The molecule has 2 unspecified atom stereocenters. The molecule has 2 atom stereocenters. The first kappa shape index (κ1) is 13.4. The van der Waals surface area contributed by atoms with Gasteiger partial charge in [0, 0.05) is 23.1 Å². The maximum atomic E-state index is 3.60. The van der Waals surface area contributed by atoms with Crippen molar-refractivity contribution in [1.29, 1.82) is 0 Å². The summed E-state index contributed by atoms with van der Waals surface area (Å²) in [6.07, 6.45) is 8.54. The molecular formula is C13H27NS. The standard InChI is InChI=1S/C13H27NS/c1-4-11(2)14-10-12(3)15-13-8-6-5-7-9-13/h11-14H,4-10H2,1-3H3. The van der Waals surface area contributed by atoms with Gasteiger partial charge in [-0.2, -0.15) is 11.8 Å². The van der Waals surface area contributed by atoms with Gasteiger partial charge in [-0.1, -0.05) is 33.1 Å². The summed E-state index contributed by atoms with van der Waals surface area (Å²) in [5.41, 5.74) is 0. The van der Waals surface area contributed by atoms with Crippen LogP contribution in [0, 0.1) is 0 Å². The quantitative estimate of drug-likeness (QED) is 0.743. The summed E-state index contributed by atoms with van der Waals surface area (Å²) in [4.78, 5) is 0. The van der Waals surface area contributed by atoms with Crippen LogP contribution < -0.4 is 5.32 Å². The van der Waals surface area contributed by atoms with Crippen LogP contribution in [-0.2, 0) is 0 Å². The topological polar surface area (TPSA) is 12.0 Å². The fraction of sp³-hybridized carbons (Fsp3) is 1.00. The molecule has 0 aromatic carbocycles. The zero-order chi connectivity index (χ0) is 11.1. The van der Waals surface area contributed by atoms with Crippen molar-refractivity contribution in [3.8, 4) is 0 Å². The highest BCUT2D eigenvalue weighted by atomic mass is 32.2. The third-order valence-corrected chi connectivity index (χ3v) is 4.83. The fourth-order valence-electron chi connectivity index (χ4n) is 2.09. The van der Waals surface area contributed by atoms with Gasteiger partial charge in [-0.25, -0.2) is 0 Å². The second-order valence-corrected chi connectivity index (χ2v) is 6.67. The van der Waals surface area contributed by atoms with Gasteiger partial charge in [0.1, 0.15) is 0 Å². The van der Waals surface area contributed by atoms with Gasteiger partial charge in [0.2, 0.25) is 0 Å². The second kappa shape index (κ2) is 7.56. The van der Waals surface area contributed by atoms with E-state index in [1.54, 1.807) is 0 Å². The molecule has 0 aromatic rings. The average Bonchev–Trinajstić information content (AvgIpc) is 2.27. The largest absolute Gasteiger partial charge is 0.313 e. The van der Waals surface area contributed by atoms with Crippen LogP contribution in [0.5, 0.6) is 0 Å². The molecule has 15 heavy (non-hydrogen) atoms. The van der Waals surface area contributed by atoms with Gasteiger partial charge in [-0.05, 0) is 26.2 Å². The Morgan fingerprint density at radius 1 is 1.20 bits per heavy atom. The minimum absolute atomic E-state index is 0.680. The van der Waals surface area contributed by atoms with Crippen LogP contribution in [0.1, 0.15) is 59.3 Å². The molecule has 1 fully saturated rings. The molecule has 1 N–H and O–H groups in total. The first-order valence-electron chi connectivity index (χ1n) is 6.61. The van der Waals surface area contributed by atoms with Crippen LogP contribution in [0.15, 0.2) is 0 Å². The maximum Gasteiger partial charge on any atom is 0.0147 e. The molecule has 0 saturated heterocycles. The van der Waals surface area contributed by atoms with E-state index < -0.39 is 0 Å². The van der Waals surface area contributed by atoms with Crippen molar-refractivity contribution in [2.45, 2.75) is 75.8 Å². The Balaban J connectivity index is 2.08. The number of nitrogens with one attached hydrogen (secondary N) is 1. The Kier molecular flexibility index (Phi) is 6.74. The van der Waals surface area contributed by atoms with Crippen molar-refractivity contribution in [3.63, 3.8) is 0 Å². The molecule has 1 rings (SSSR count). The summed E-state index contributed by atoms with van der Waals surface area (Å²) in [6, 6.07) is 0.680. The van der Waals surface area contributed by atoms with E-state index in [1.807, 2.05) is 0 Å². The predicted molar refractivity (Wildman–Crippen MR) is 71.7 cm³/mol. The molecule has 0 spiro atoms. The van der Waals surface area contributed by atoms with Gasteiger partial charge >= 0.3 is 0 Å². The highest BCUT2D eigenvalue weighted by molar-refractivity contribution is 8.00. The molecule has 1 nitrogen and oxygen atoms in total. The van der Waals surface area contributed by atoms with E-state index in [2.05, 4.69) is 37.8 Å². The fourth-order valence-corrected chi connectivity index (χ4v) is 3.54. The first-order chi connectivity index (χ1) is 7.22. The molecule has 1 aliphatic rings. The van der Waals surface area contributed by atoms with Crippen LogP contribution in [0.25, 0.3) is 0 Å². The third-order valence-electron chi connectivity index (χ3n) is 3.34. The van der Waals surface area contributed by atoms with E-state index in [0.29, 0.717) is 6.04 Å². The monoisotopic (exact) mass is 229 g/mol. The molecule has 0 radical (unpaired) electrons. The van der Waals surface area contributed by atoms with Gasteiger partial charge in [0.15, 0.2) is 0 Å². The molecule has 1 saturated carbocycles. The number of rotatable bonds is 6. The summed E-state index contributed by atoms with van der Waals surface area (Å²) < 4.78 is 0. The lowest BCUT2D eigenvalue weighted by Gasteiger charge is -2.25. The van der Waals surface area contributed by atoms with Crippen molar-refractivity contribution >= 4 is 11.8 Å². The van der Waals surface area contributed by atoms with Crippen molar-refractivity contribution in [2.24, 2.45) is 0 Å². The summed E-state index contributed by atoms with van der Waals surface area (Å²) in [5.74, 6) is 0. The summed E-state index contributed by atoms with van der Waals surface area (Å²) >= 11 is 2.21. The number of hydrogen-bond acceptors (Lipinski definition) is 2.